The van der Waals surface area contributed by atoms with Gasteiger partial charge in [0.15, 0.2) is 5.70 Å². The van der Waals surface area contributed by atoms with E-state index in [9.17, 15) is 9.59 Å². The lowest BCUT2D eigenvalue weighted by molar-refractivity contribution is -0.130. The zero-order valence-corrected chi connectivity index (χ0v) is 15.2. The van der Waals surface area contributed by atoms with Crippen LogP contribution in [0.25, 0.3) is 0 Å². The average molecular weight is 376 g/mol. The van der Waals surface area contributed by atoms with E-state index in [1.165, 1.54) is 0 Å². The molecule has 0 unspecified atom stereocenters. The topological polar surface area (TPSA) is 74.2 Å². The van der Waals surface area contributed by atoms with Crippen LogP contribution in [0, 0.1) is 0 Å². The van der Waals surface area contributed by atoms with Crippen LogP contribution in [0.5, 0.6) is 0 Å². The first-order chi connectivity index (χ1) is 13.7. The van der Waals surface area contributed by atoms with Crippen molar-refractivity contribution in [3.8, 4) is 0 Å². The van der Waals surface area contributed by atoms with Crippen molar-refractivity contribution in [1.29, 1.82) is 0 Å². The molecule has 0 atom stereocenters. The fraction of sp³-hybridized carbons (Fsp3) is 0.190. The number of amides is 2. The Kier molecular flexibility index (Phi) is 5.05. The molecule has 1 N–H and O–H groups in total. The number of carbonyl (C=O) groups excluding carboxylic acids is 2. The minimum Gasteiger partial charge on any atom is -0.402 e. The molecule has 0 aliphatic carbocycles. The summed E-state index contributed by atoms with van der Waals surface area (Å²) in [5, 5.41) is 2.89. The second-order valence-electron chi connectivity index (χ2n) is 6.51. The normalized spacial score (nSPS) is 18.1. The lowest BCUT2D eigenvalue weighted by Crippen LogP contribution is -2.48. The number of ether oxygens (including phenoxy) is 1. The van der Waals surface area contributed by atoms with Gasteiger partial charge in [-0.3, -0.25) is 0 Å². The van der Waals surface area contributed by atoms with Crippen LogP contribution in [0.1, 0.15) is 5.56 Å². The van der Waals surface area contributed by atoms with Crippen molar-refractivity contribution < 1.29 is 14.3 Å². The summed E-state index contributed by atoms with van der Waals surface area (Å²) in [4.78, 5) is 32.5. The molecule has 28 heavy (non-hydrogen) atoms. The van der Waals surface area contributed by atoms with Gasteiger partial charge in [-0.1, -0.05) is 36.4 Å². The van der Waals surface area contributed by atoms with Crippen molar-refractivity contribution in [3.63, 3.8) is 0 Å². The molecule has 1 saturated heterocycles. The first kappa shape index (κ1) is 17.8. The molecule has 0 saturated carbocycles. The van der Waals surface area contributed by atoms with Crippen molar-refractivity contribution in [2.24, 2.45) is 4.99 Å². The Balaban J connectivity index is 1.35. The number of carbonyl (C=O) groups is 2. The molecule has 2 aliphatic heterocycles. The number of hydrogen-bond donors (Lipinski definition) is 1. The van der Waals surface area contributed by atoms with Gasteiger partial charge in [-0.2, -0.15) is 0 Å². The van der Waals surface area contributed by atoms with E-state index < -0.39 is 5.97 Å². The molecular formula is C21H20N4O3. The molecule has 2 aromatic carbocycles. The number of nitrogens with one attached hydrogen (secondary N) is 1. The van der Waals surface area contributed by atoms with Crippen LogP contribution in [0.15, 0.2) is 77.6 Å². The number of para-hydroxylation sites is 1. The van der Waals surface area contributed by atoms with Crippen molar-refractivity contribution in [2.45, 2.75) is 0 Å². The fourth-order valence-corrected chi connectivity index (χ4v) is 3.05. The summed E-state index contributed by atoms with van der Waals surface area (Å²) in [6, 6.07) is 18.6. The summed E-state index contributed by atoms with van der Waals surface area (Å²) in [6.07, 6.45) is 1.71. The molecule has 0 bridgehead atoms. The number of aliphatic imine (C=N–C) groups is 1. The average Bonchev–Trinajstić information content (AvgIpc) is 3.10. The van der Waals surface area contributed by atoms with E-state index in [2.05, 4.69) is 10.3 Å². The van der Waals surface area contributed by atoms with Gasteiger partial charge in [0.1, 0.15) is 0 Å². The van der Waals surface area contributed by atoms with Gasteiger partial charge >= 0.3 is 12.0 Å². The highest BCUT2D eigenvalue weighted by Crippen LogP contribution is 2.17. The molecule has 2 heterocycles. The van der Waals surface area contributed by atoms with Gasteiger partial charge in [-0.25, -0.2) is 14.6 Å². The van der Waals surface area contributed by atoms with Crippen molar-refractivity contribution in [3.05, 3.63) is 78.1 Å². The second-order valence-corrected chi connectivity index (χ2v) is 6.51. The zero-order chi connectivity index (χ0) is 19.3. The first-order valence-corrected chi connectivity index (χ1v) is 9.12. The van der Waals surface area contributed by atoms with Gasteiger partial charge in [0, 0.05) is 43.6 Å². The number of urea groups is 1. The van der Waals surface area contributed by atoms with Crippen molar-refractivity contribution >= 4 is 23.6 Å². The highest BCUT2D eigenvalue weighted by Gasteiger charge is 2.26. The monoisotopic (exact) mass is 376 g/mol. The minimum atomic E-state index is -0.455. The van der Waals surface area contributed by atoms with E-state index in [1.807, 2.05) is 65.6 Å². The number of piperazine rings is 1. The van der Waals surface area contributed by atoms with E-state index in [-0.39, 0.29) is 11.7 Å². The lowest BCUT2D eigenvalue weighted by atomic mass is 10.2. The van der Waals surface area contributed by atoms with Gasteiger partial charge in [-0.05, 0) is 24.3 Å². The Morgan fingerprint density at radius 2 is 1.61 bits per heavy atom. The molecule has 142 valence electrons. The third-order valence-electron chi connectivity index (χ3n) is 4.57. The van der Waals surface area contributed by atoms with Crippen LogP contribution in [0.4, 0.5) is 10.5 Å². The Morgan fingerprint density at radius 3 is 2.29 bits per heavy atom. The molecule has 0 spiro atoms. The number of hydrogen-bond acceptors (Lipinski definition) is 5. The number of nitrogens with zero attached hydrogens (tertiary/aromatic N) is 3. The fourth-order valence-electron chi connectivity index (χ4n) is 3.05. The number of rotatable bonds is 3. The highest BCUT2D eigenvalue weighted by molar-refractivity contribution is 6.11. The molecule has 2 aromatic rings. The van der Waals surface area contributed by atoms with Crippen LogP contribution < -0.4 is 5.32 Å². The third kappa shape index (κ3) is 4.03. The van der Waals surface area contributed by atoms with E-state index >= 15 is 0 Å². The maximum Gasteiger partial charge on any atom is 0.365 e. The molecule has 7 nitrogen and oxygen atoms in total. The maximum absolute atomic E-state index is 12.4. The van der Waals surface area contributed by atoms with E-state index in [0.29, 0.717) is 32.1 Å². The summed E-state index contributed by atoms with van der Waals surface area (Å²) < 4.78 is 5.27. The Morgan fingerprint density at radius 1 is 0.964 bits per heavy atom. The predicted molar refractivity (Wildman–Crippen MR) is 106 cm³/mol. The SMILES string of the molecule is O=C1OC(c2ccccc2)=N/C1=C/N1CCN(C(=O)Nc2ccccc2)CC1. The van der Waals surface area contributed by atoms with E-state index in [4.69, 9.17) is 4.74 Å². The summed E-state index contributed by atoms with van der Waals surface area (Å²) in [7, 11) is 0. The van der Waals surface area contributed by atoms with E-state index in [0.717, 1.165) is 11.3 Å². The number of esters is 1. The summed E-state index contributed by atoms with van der Waals surface area (Å²) in [5.41, 5.74) is 1.82. The standard InChI is InChI=1S/C21H20N4O3/c26-20-18(23-19(28-20)16-7-3-1-4-8-16)15-24-11-13-25(14-12-24)21(27)22-17-9-5-2-6-10-17/h1-10,15H,11-14H2,(H,22,27)/b18-15+. The summed E-state index contributed by atoms with van der Waals surface area (Å²) in [5.74, 6) is -0.138. The highest BCUT2D eigenvalue weighted by atomic mass is 16.6. The molecule has 2 amide bonds. The quantitative estimate of drug-likeness (QED) is 0.660. The molecule has 4 rings (SSSR count). The third-order valence-corrected chi connectivity index (χ3v) is 4.57. The molecule has 7 heteroatoms. The number of anilines is 1. The Bertz CT molecular complexity index is 917. The van der Waals surface area contributed by atoms with Crippen LogP contribution in [-0.4, -0.2) is 53.9 Å². The van der Waals surface area contributed by atoms with Crippen molar-refractivity contribution in [1.82, 2.24) is 9.80 Å². The van der Waals surface area contributed by atoms with Gasteiger partial charge in [-0.15, -0.1) is 0 Å². The Hall–Kier alpha value is -3.61. The second kappa shape index (κ2) is 7.96. The first-order valence-electron chi connectivity index (χ1n) is 9.12. The minimum absolute atomic E-state index is 0.122. The summed E-state index contributed by atoms with van der Waals surface area (Å²) >= 11 is 0. The predicted octanol–water partition coefficient (Wildman–Crippen LogP) is 2.68. The van der Waals surface area contributed by atoms with Gasteiger partial charge in [0.2, 0.25) is 5.90 Å². The lowest BCUT2D eigenvalue weighted by Gasteiger charge is -2.34. The molecule has 1 fully saturated rings. The maximum atomic E-state index is 12.4. The van der Waals surface area contributed by atoms with Crippen LogP contribution in [-0.2, 0) is 9.53 Å². The number of cyclic esters (lactones) is 1. The largest absolute Gasteiger partial charge is 0.402 e. The zero-order valence-electron chi connectivity index (χ0n) is 15.2. The molecule has 2 aliphatic rings. The van der Waals surface area contributed by atoms with Gasteiger partial charge in [0.25, 0.3) is 0 Å². The Labute approximate surface area is 162 Å². The van der Waals surface area contributed by atoms with E-state index in [1.54, 1.807) is 11.1 Å². The molecular weight excluding hydrogens is 356 g/mol. The van der Waals surface area contributed by atoms with Crippen LogP contribution in [0.2, 0.25) is 0 Å². The smallest absolute Gasteiger partial charge is 0.365 e. The van der Waals surface area contributed by atoms with Crippen molar-refractivity contribution in [2.75, 3.05) is 31.5 Å². The molecule has 0 aromatic heterocycles. The van der Waals surface area contributed by atoms with Gasteiger partial charge in [0.05, 0.1) is 0 Å². The molecule has 0 radical (unpaired) electrons. The van der Waals surface area contributed by atoms with Crippen LogP contribution >= 0.6 is 0 Å². The number of benzene rings is 2. The van der Waals surface area contributed by atoms with Gasteiger partial charge < -0.3 is 19.9 Å². The van der Waals surface area contributed by atoms with Crippen LogP contribution in [0.3, 0.4) is 0 Å². The summed E-state index contributed by atoms with van der Waals surface area (Å²) in [6.45, 7) is 2.36.